The number of urea groups is 1. The molecule has 1 fully saturated rings. The fraction of sp³-hybridized carbons (Fsp3) is 0.409. The summed E-state index contributed by atoms with van der Waals surface area (Å²) in [5, 5.41) is 14.1. The van der Waals surface area contributed by atoms with Gasteiger partial charge in [0.15, 0.2) is 10.9 Å². The molecule has 2 heterocycles. The third-order valence-electron chi connectivity index (χ3n) is 5.59. The van der Waals surface area contributed by atoms with Gasteiger partial charge in [-0.05, 0) is 38.3 Å². The van der Waals surface area contributed by atoms with Gasteiger partial charge in [-0.3, -0.25) is 10.1 Å². The van der Waals surface area contributed by atoms with E-state index < -0.39 is 6.03 Å². The van der Waals surface area contributed by atoms with Crippen LogP contribution in [0.15, 0.2) is 30.7 Å². The van der Waals surface area contributed by atoms with Crippen LogP contribution in [0.25, 0.3) is 0 Å². The number of aromatic nitrogens is 4. The van der Waals surface area contributed by atoms with E-state index in [2.05, 4.69) is 25.8 Å². The zero-order valence-corrected chi connectivity index (χ0v) is 18.5. The van der Waals surface area contributed by atoms with Crippen LogP contribution in [0.4, 0.5) is 15.6 Å². The van der Waals surface area contributed by atoms with Crippen molar-refractivity contribution in [2.45, 2.75) is 45.4 Å². The van der Waals surface area contributed by atoms with Gasteiger partial charge in [0.1, 0.15) is 12.2 Å². The van der Waals surface area contributed by atoms with E-state index in [1.165, 1.54) is 11.3 Å². The number of hydrogen-bond donors (Lipinski definition) is 2. The number of amides is 2. The molecule has 0 aliphatic heterocycles. The number of ketones is 1. The van der Waals surface area contributed by atoms with Crippen LogP contribution < -0.4 is 10.6 Å². The quantitative estimate of drug-likeness (QED) is 0.533. The first-order chi connectivity index (χ1) is 15.0. The van der Waals surface area contributed by atoms with E-state index in [1.54, 1.807) is 18.6 Å². The minimum atomic E-state index is -0.404. The Morgan fingerprint density at radius 1 is 1.19 bits per heavy atom. The Hall–Kier alpha value is -3.07. The zero-order chi connectivity index (χ0) is 21.8. The highest BCUT2D eigenvalue weighted by atomic mass is 32.1. The fourth-order valence-electron chi connectivity index (χ4n) is 3.88. The van der Waals surface area contributed by atoms with Crippen molar-refractivity contribution in [2.24, 2.45) is 13.0 Å². The molecular weight excluding hydrogens is 412 g/mol. The van der Waals surface area contributed by atoms with Crippen molar-refractivity contribution < 1.29 is 9.59 Å². The SMILES string of the molecule is Cc1ccc(NC(=O)Nc2ncc(CCc3nncn3C)s2)c(C(=O)C2CCCC2)c1. The van der Waals surface area contributed by atoms with Crippen LogP contribution >= 0.6 is 11.3 Å². The predicted molar refractivity (Wildman–Crippen MR) is 121 cm³/mol. The molecule has 1 aliphatic rings. The molecule has 0 unspecified atom stereocenters. The normalized spacial score (nSPS) is 14.0. The smallest absolute Gasteiger partial charge is 0.321 e. The monoisotopic (exact) mass is 438 g/mol. The summed E-state index contributed by atoms with van der Waals surface area (Å²) in [6.07, 6.45) is 8.99. The second-order valence-electron chi connectivity index (χ2n) is 7.96. The molecule has 0 radical (unpaired) electrons. The van der Waals surface area contributed by atoms with Crippen LogP contribution in [-0.4, -0.2) is 31.6 Å². The van der Waals surface area contributed by atoms with Gasteiger partial charge in [-0.1, -0.05) is 24.5 Å². The van der Waals surface area contributed by atoms with Gasteiger partial charge < -0.3 is 9.88 Å². The predicted octanol–water partition coefficient (Wildman–Crippen LogP) is 4.38. The Morgan fingerprint density at radius 3 is 2.74 bits per heavy atom. The van der Waals surface area contributed by atoms with Crippen molar-refractivity contribution in [1.29, 1.82) is 0 Å². The molecule has 2 N–H and O–H groups in total. The van der Waals surface area contributed by atoms with Gasteiger partial charge in [-0.25, -0.2) is 9.78 Å². The van der Waals surface area contributed by atoms with Gasteiger partial charge in [0.05, 0.1) is 5.69 Å². The summed E-state index contributed by atoms with van der Waals surface area (Å²) >= 11 is 1.43. The van der Waals surface area contributed by atoms with Crippen molar-refractivity contribution in [1.82, 2.24) is 19.7 Å². The van der Waals surface area contributed by atoms with Crippen molar-refractivity contribution in [3.63, 3.8) is 0 Å². The Bertz CT molecular complexity index is 1080. The molecule has 31 heavy (non-hydrogen) atoms. The number of carbonyl (C=O) groups excluding carboxylic acids is 2. The number of nitrogens with zero attached hydrogens (tertiary/aromatic N) is 4. The summed E-state index contributed by atoms with van der Waals surface area (Å²) in [7, 11) is 1.91. The lowest BCUT2D eigenvalue weighted by Crippen LogP contribution is -2.22. The van der Waals surface area contributed by atoms with Crippen molar-refractivity contribution in [2.75, 3.05) is 10.6 Å². The summed E-state index contributed by atoms with van der Waals surface area (Å²) in [5.41, 5.74) is 2.13. The maximum Gasteiger partial charge on any atom is 0.325 e. The van der Waals surface area contributed by atoms with E-state index in [9.17, 15) is 9.59 Å². The molecule has 3 aromatic rings. The average Bonchev–Trinajstić information content (AvgIpc) is 3.50. The number of hydrogen-bond acceptors (Lipinski definition) is 6. The molecule has 8 nitrogen and oxygen atoms in total. The lowest BCUT2D eigenvalue weighted by Gasteiger charge is -2.14. The maximum absolute atomic E-state index is 13.0. The molecular formula is C22H26N6O2S. The van der Waals surface area contributed by atoms with Crippen molar-refractivity contribution >= 4 is 34.0 Å². The summed E-state index contributed by atoms with van der Waals surface area (Å²) in [4.78, 5) is 30.9. The highest BCUT2D eigenvalue weighted by Gasteiger charge is 2.26. The highest BCUT2D eigenvalue weighted by Crippen LogP contribution is 2.31. The summed E-state index contributed by atoms with van der Waals surface area (Å²) in [5.74, 6) is 1.08. The van der Waals surface area contributed by atoms with E-state index in [0.29, 0.717) is 16.4 Å². The lowest BCUT2D eigenvalue weighted by molar-refractivity contribution is 0.0923. The average molecular weight is 439 g/mol. The second kappa shape index (κ2) is 9.38. The standard InChI is InChI=1S/C22H26N6O2S/c1-14-7-9-18(17(11-14)20(29)15-5-3-4-6-15)25-21(30)26-22-23-12-16(31-22)8-10-19-27-24-13-28(19)2/h7,9,11-13,15H,3-6,8,10H2,1-2H3,(H2,23,25,26,30). The Kier molecular flexibility index (Phi) is 6.41. The van der Waals surface area contributed by atoms with Gasteiger partial charge in [-0.15, -0.1) is 21.5 Å². The molecule has 1 saturated carbocycles. The highest BCUT2D eigenvalue weighted by molar-refractivity contribution is 7.15. The number of carbonyl (C=O) groups is 2. The van der Waals surface area contributed by atoms with Gasteiger partial charge >= 0.3 is 6.03 Å². The van der Waals surface area contributed by atoms with Crippen LogP contribution in [0.2, 0.25) is 0 Å². The summed E-state index contributed by atoms with van der Waals surface area (Å²) in [6, 6.07) is 5.16. The molecule has 1 aliphatic carbocycles. The molecule has 4 rings (SSSR count). The number of rotatable bonds is 7. The molecule has 9 heteroatoms. The van der Waals surface area contributed by atoms with Crippen LogP contribution in [0, 0.1) is 12.8 Å². The first-order valence-corrected chi connectivity index (χ1v) is 11.3. The first-order valence-electron chi connectivity index (χ1n) is 10.5. The maximum atomic E-state index is 13.0. The molecule has 2 aromatic heterocycles. The number of benzene rings is 1. The second-order valence-corrected chi connectivity index (χ2v) is 9.08. The van der Waals surface area contributed by atoms with Crippen LogP contribution in [0.3, 0.4) is 0 Å². The number of thiazole rings is 1. The number of Topliss-reactive ketones (excluding diaryl/α,β-unsaturated/α-hetero) is 1. The molecule has 162 valence electrons. The lowest BCUT2D eigenvalue weighted by atomic mass is 9.94. The molecule has 2 amide bonds. The molecule has 0 bridgehead atoms. The molecule has 0 spiro atoms. The number of anilines is 2. The van der Waals surface area contributed by atoms with E-state index in [-0.39, 0.29) is 11.7 Å². The number of nitrogens with one attached hydrogen (secondary N) is 2. The third kappa shape index (κ3) is 5.16. The topological polar surface area (TPSA) is 102 Å². The van der Waals surface area contributed by atoms with E-state index in [0.717, 1.165) is 54.8 Å². The van der Waals surface area contributed by atoms with E-state index >= 15 is 0 Å². The van der Waals surface area contributed by atoms with Gasteiger partial charge in [0, 0.05) is 36.0 Å². The third-order valence-corrected chi connectivity index (χ3v) is 6.56. The van der Waals surface area contributed by atoms with Crippen LogP contribution in [0.5, 0.6) is 0 Å². The molecule has 0 saturated heterocycles. The number of aryl methyl sites for hydroxylation is 4. The molecule has 0 atom stereocenters. The van der Waals surface area contributed by atoms with Crippen LogP contribution in [-0.2, 0) is 19.9 Å². The Morgan fingerprint density at radius 2 is 2.00 bits per heavy atom. The van der Waals surface area contributed by atoms with E-state index in [1.807, 2.05) is 30.7 Å². The minimum Gasteiger partial charge on any atom is -0.321 e. The fourth-order valence-corrected chi connectivity index (χ4v) is 4.69. The van der Waals surface area contributed by atoms with Crippen molar-refractivity contribution in [3.05, 3.63) is 52.6 Å². The Labute approximate surface area is 185 Å². The van der Waals surface area contributed by atoms with Crippen molar-refractivity contribution in [3.8, 4) is 0 Å². The largest absolute Gasteiger partial charge is 0.325 e. The van der Waals surface area contributed by atoms with Gasteiger partial charge in [0.2, 0.25) is 0 Å². The summed E-state index contributed by atoms with van der Waals surface area (Å²) < 4.78 is 1.89. The molecule has 1 aromatic carbocycles. The first kappa shape index (κ1) is 21.2. The van der Waals surface area contributed by atoms with Crippen LogP contribution in [0.1, 0.15) is 52.3 Å². The minimum absolute atomic E-state index is 0.0563. The Balaban J connectivity index is 1.38. The van der Waals surface area contributed by atoms with Gasteiger partial charge in [-0.2, -0.15) is 0 Å². The van der Waals surface area contributed by atoms with E-state index in [4.69, 9.17) is 0 Å². The summed E-state index contributed by atoms with van der Waals surface area (Å²) in [6.45, 7) is 1.95. The zero-order valence-electron chi connectivity index (χ0n) is 17.7. The van der Waals surface area contributed by atoms with Gasteiger partial charge in [0.25, 0.3) is 0 Å².